The van der Waals surface area contributed by atoms with Crippen LogP contribution in [0.5, 0.6) is 5.75 Å². The Morgan fingerprint density at radius 2 is 1.77 bits per heavy atom. The fraction of sp³-hybridized carbons (Fsp3) is 0.176. The van der Waals surface area contributed by atoms with Crippen molar-refractivity contribution < 1.29 is 27.5 Å². The summed E-state index contributed by atoms with van der Waals surface area (Å²) < 4.78 is 42.6. The number of carbonyl (C=O) groups is 2. The Morgan fingerprint density at radius 3 is 2.35 bits per heavy atom. The third kappa shape index (κ3) is 5.13. The van der Waals surface area contributed by atoms with Crippen LogP contribution in [0.25, 0.3) is 0 Å². The molecule has 0 bridgehead atoms. The smallest absolute Gasteiger partial charge is 0.416 e. The van der Waals surface area contributed by atoms with Gasteiger partial charge < -0.3 is 15.4 Å². The topological polar surface area (TPSA) is 67.4 Å². The standard InChI is InChI=1S/C17H14ClF3N2O3/c1-26-14-7-6-12(18)8-13(14)23-15(24)9-22-16(25)10-2-4-11(5-3-10)17(19,20)21/h2-8H,9H2,1H3,(H,22,25)(H,23,24). The second kappa shape index (κ2) is 8.09. The summed E-state index contributed by atoms with van der Waals surface area (Å²) in [5, 5.41) is 5.23. The first kappa shape index (κ1) is 19.6. The van der Waals surface area contributed by atoms with Gasteiger partial charge in [0.25, 0.3) is 5.91 Å². The maximum Gasteiger partial charge on any atom is 0.416 e. The van der Waals surface area contributed by atoms with Gasteiger partial charge in [-0.3, -0.25) is 9.59 Å². The normalized spacial score (nSPS) is 11.0. The number of methoxy groups -OCH3 is 1. The lowest BCUT2D eigenvalue weighted by Gasteiger charge is -2.11. The molecule has 0 aliphatic carbocycles. The predicted octanol–water partition coefficient (Wildman–Crippen LogP) is 3.74. The largest absolute Gasteiger partial charge is 0.495 e. The van der Waals surface area contributed by atoms with Crippen LogP contribution in [-0.4, -0.2) is 25.5 Å². The number of hydrogen-bond donors (Lipinski definition) is 2. The van der Waals surface area contributed by atoms with Crippen molar-refractivity contribution in [2.75, 3.05) is 19.0 Å². The molecule has 0 spiro atoms. The van der Waals surface area contributed by atoms with Crippen LogP contribution >= 0.6 is 11.6 Å². The number of ether oxygens (including phenoxy) is 1. The van der Waals surface area contributed by atoms with E-state index in [1.165, 1.54) is 13.2 Å². The van der Waals surface area contributed by atoms with E-state index in [9.17, 15) is 22.8 Å². The molecule has 2 aromatic rings. The molecule has 138 valence electrons. The Labute approximate surface area is 152 Å². The molecule has 0 aliphatic heterocycles. The molecule has 2 N–H and O–H groups in total. The summed E-state index contributed by atoms with van der Waals surface area (Å²) in [4.78, 5) is 23.9. The van der Waals surface area contributed by atoms with E-state index < -0.39 is 23.6 Å². The first-order valence-corrected chi connectivity index (χ1v) is 7.67. The third-order valence-corrected chi connectivity index (χ3v) is 3.55. The van der Waals surface area contributed by atoms with Crippen LogP contribution in [0.1, 0.15) is 15.9 Å². The highest BCUT2D eigenvalue weighted by atomic mass is 35.5. The Balaban J connectivity index is 1.95. The maximum atomic E-state index is 12.5. The van der Waals surface area contributed by atoms with E-state index in [0.717, 1.165) is 24.3 Å². The van der Waals surface area contributed by atoms with Crippen molar-refractivity contribution in [3.05, 3.63) is 58.6 Å². The van der Waals surface area contributed by atoms with Crippen molar-refractivity contribution in [1.82, 2.24) is 5.32 Å². The number of amides is 2. The quantitative estimate of drug-likeness (QED) is 0.822. The van der Waals surface area contributed by atoms with Crippen LogP contribution in [-0.2, 0) is 11.0 Å². The van der Waals surface area contributed by atoms with Gasteiger partial charge in [0.05, 0.1) is 24.9 Å². The van der Waals surface area contributed by atoms with Gasteiger partial charge in [-0.2, -0.15) is 13.2 Å². The van der Waals surface area contributed by atoms with Crippen LogP contribution in [0.2, 0.25) is 5.02 Å². The molecule has 0 unspecified atom stereocenters. The molecule has 0 aliphatic rings. The molecule has 0 heterocycles. The highest BCUT2D eigenvalue weighted by Crippen LogP contribution is 2.29. The van der Waals surface area contributed by atoms with E-state index in [1.807, 2.05) is 0 Å². The van der Waals surface area contributed by atoms with Crippen LogP contribution in [0.3, 0.4) is 0 Å². The molecule has 0 saturated carbocycles. The van der Waals surface area contributed by atoms with Crippen molar-refractivity contribution >= 4 is 29.1 Å². The zero-order valence-corrected chi connectivity index (χ0v) is 14.2. The van der Waals surface area contributed by atoms with Crippen molar-refractivity contribution in [2.45, 2.75) is 6.18 Å². The monoisotopic (exact) mass is 386 g/mol. The lowest BCUT2D eigenvalue weighted by molar-refractivity contribution is -0.137. The third-order valence-electron chi connectivity index (χ3n) is 3.32. The first-order chi connectivity index (χ1) is 12.2. The lowest BCUT2D eigenvalue weighted by atomic mass is 10.1. The predicted molar refractivity (Wildman–Crippen MR) is 90.4 cm³/mol. The Bertz CT molecular complexity index is 808. The second-order valence-electron chi connectivity index (χ2n) is 5.15. The summed E-state index contributed by atoms with van der Waals surface area (Å²) >= 11 is 5.85. The maximum absolute atomic E-state index is 12.5. The summed E-state index contributed by atoms with van der Waals surface area (Å²) in [5.74, 6) is -0.838. The SMILES string of the molecule is COc1ccc(Cl)cc1NC(=O)CNC(=O)c1ccc(C(F)(F)F)cc1. The van der Waals surface area contributed by atoms with E-state index >= 15 is 0 Å². The van der Waals surface area contributed by atoms with E-state index in [2.05, 4.69) is 10.6 Å². The number of rotatable bonds is 5. The van der Waals surface area contributed by atoms with Crippen LogP contribution < -0.4 is 15.4 Å². The van der Waals surface area contributed by atoms with Gasteiger partial charge in [0.2, 0.25) is 5.91 Å². The molecule has 0 saturated heterocycles. The summed E-state index contributed by atoms with van der Waals surface area (Å²) in [5.41, 5.74) is -0.528. The van der Waals surface area contributed by atoms with Crippen LogP contribution in [0.15, 0.2) is 42.5 Å². The average molecular weight is 387 g/mol. The molecule has 0 radical (unpaired) electrons. The number of hydrogen-bond acceptors (Lipinski definition) is 3. The Hall–Kier alpha value is -2.74. The summed E-state index contributed by atoms with van der Waals surface area (Å²) in [6.45, 7) is -0.379. The molecule has 2 aromatic carbocycles. The fourth-order valence-electron chi connectivity index (χ4n) is 2.05. The number of anilines is 1. The number of benzene rings is 2. The molecule has 2 amide bonds. The van der Waals surface area contributed by atoms with Crippen LogP contribution in [0, 0.1) is 0 Å². The van der Waals surface area contributed by atoms with Crippen molar-refractivity contribution in [1.29, 1.82) is 0 Å². The molecule has 2 rings (SSSR count). The van der Waals surface area contributed by atoms with Gasteiger partial charge in [-0.25, -0.2) is 0 Å². The van der Waals surface area contributed by atoms with Gasteiger partial charge in [0.15, 0.2) is 0 Å². The van der Waals surface area contributed by atoms with Crippen molar-refractivity contribution in [2.24, 2.45) is 0 Å². The van der Waals surface area contributed by atoms with Crippen LogP contribution in [0.4, 0.5) is 18.9 Å². The molecule has 0 fully saturated rings. The summed E-state index contributed by atoms with van der Waals surface area (Å²) in [6.07, 6.45) is -4.48. The number of carbonyl (C=O) groups excluding carboxylic acids is 2. The highest BCUT2D eigenvalue weighted by molar-refractivity contribution is 6.31. The molecular formula is C17H14ClF3N2O3. The molecular weight excluding hydrogens is 373 g/mol. The molecule has 9 heteroatoms. The van der Waals surface area contributed by atoms with Gasteiger partial charge in [-0.05, 0) is 42.5 Å². The van der Waals surface area contributed by atoms with E-state index in [0.29, 0.717) is 16.5 Å². The van der Waals surface area contributed by atoms with E-state index in [1.54, 1.807) is 12.1 Å². The van der Waals surface area contributed by atoms with E-state index in [-0.39, 0.29) is 12.1 Å². The minimum absolute atomic E-state index is 0.00568. The highest BCUT2D eigenvalue weighted by Gasteiger charge is 2.30. The Morgan fingerprint density at radius 1 is 1.12 bits per heavy atom. The van der Waals surface area contributed by atoms with Crippen molar-refractivity contribution in [3.8, 4) is 5.75 Å². The van der Waals surface area contributed by atoms with Gasteiger partial charge in [0, 0.05) is 10.6 Å². The zero-order chi connectivity index (χ0) is 19.3. The minimum atomic E-state index is -4.48. The molecule has 0 atom stereocenters. The zero-order valence-electron chi connectivity index (χ0n) is 13.5. The lowest BCUT2D eigenvalue weighted by Crippen LogP contribution is -2.33. The first-order valence-electron chi connectivity index (χ1n) is 7.29. The van der Waals surface area contributed by atoms with Gasteiger partial charge >= 0.3 is 6.18 Å². The second-order valence-corrected chi connectivity index (χ2v) is 5.59. The number of alkyl halides is 3. The average Bonchev–Trinajstić information content (AvgIpc) is 2.59. The van der Waals surface area contributed by atoms with Gasteiger partial charge in [-0.1, -0.05) is 11.6 Å². The van der Waals surface area contributed by atoms with E-state index in [4.69, 9.17) is 16.3 Å². The fourth-order valence-corrected chi connectivity index (χ4v) is 2.22. The molecule has 5 nitrogen and oxygen atoms in total. The van der Waals surface area contributed by atoms with Crippen molar-refractivity contribution in [3.63, 3.8) is 0 Å². The number of nitrogens with one attached hydrogen (secondary N) is 2. The molecule has 0 aromatic heterocycles. The molecule has 26 heavy (non-hydrogen) atoms. The minimum Gasteiger partial charge on any atom is -0.495 e. The Kier molecular flexibility index (Phi) is 6.10. The summed E-state index contributed by atoms with van der Waals surface area (Å²) in [6, 6.07) is 8.31. The van der Waals surface area contributed by atoms with Gasteiger partial charge in [0.1, 0.15) is 5.75 Å². The number of halogens is 4. The summed E-state index contributed by atoms with van der Waals surface area (Å²) in [7, 11) is 1.42. The van der Waals surface area contributed by atoms with Gasteiger partial charge in [-0.15, -0.1) is 0 Å².